The number of nitrogens with zero attached hydrogens (tertiary/aromatic N) is 3. The molecule has 1 aromatic carbocycles. The van der Waals surface area contributed by atoms with Crippen LogP contribution in [0.1, 0.15) is 16.2 Å². The minimum atomic E-state index is -0.352. The van der Waals surface area contributed by atoms with E-state index in [0.29, 0.717) is 5.69 Å². The van der Waals surface area contributed by atoms with Crippen molar-refractivity contribution in [2.75, 3.05) is 18.9 Å². The molecule has 0 fully saturated rings. The summed E-state index contributed by atoms with van der Waals surface area (Å²) < 4.78 is 0.779. The van der Waals surface area contributed by atoms with Crippen LogP contribution in [0.5, 0.6) is 0 Å². The van der Waals surface area contributed by atoms with E-state index in [4.69, 9.17) is 0 Å². The average molecular weight is 363 g/mol. The fraction of sp³-hybridized carbons (Fsp3) is 0.200. The molecule has 6 nitrogen and oxygen atoms in total. The number of carbonyl (C=O) groups excluding carboxylic acids is 2. The number of aryl methyl sites for hydroxylation is 1. The highest BCUT2D eigenvalue weighted by Gasteiger charge is 2.16. The van der Waals surface area contributed by atoms with Gasteiger partial charge >= 0.3 is 0 Å². The molecule has 22 heavy (non-hydrogen) atoms. The first kappa shape index (κ1) is 16.1. The van der Waals surface area contributed by atoms with Crippen LogP contribution >= 0.6 is 15.9 Å². The van der Waals surface area contributed by atoms with Gasteiger partial charge in [-0.05, 0) is 35.0 Å². The number of hydrogen-bond acceptors (Lipinski definition) is 4. The van der Waals surface area contributed by atoms with Gasteiger partial charge in [-0.1, -0.05) is 12.1 Å². The summed E-state index contributed by atoms with van der Waals surface area (Å²) in [5.74, 6) is -0.641. The Morgan fingerprint density at radius 1 is 1.23 bits per heavy atom. The lowest BCUT2D eigenvalue weighted by atomic mass is 10.3. The highest BCUT2D eigenvalue weighted by Crippen LogP contribution is 2.20. The van der Waals surface area contributed by atoms with E-state index in [1.54, 1.807) is 20.0 Å². The number of nitrogens with one attached hydrogen (secondary N) is 1. The van der Waals surface area contributed by atoms with Crippen LogP contribution in [-0.2, 0) is 4.79 Å². The van der Waals surface area contributed by atoms with Crippen molar-refractivity contribution in [1.29, 1.82) is 0 Å². The fourth-order valence-corrected chi connectivity index (χ4v) is 2.12. The maximum Gasteiger partial charge on any atom is 0.274 e. The number of hydrogen-bond donors (Lipinski definition) is 1. The molecule has 0 radical (unpaired) electrons. The SMILES string of the molecule is Cc1cnc(C(=O)N(C)CC(=O)Nc2ccccc2Br)cn1. The quantitative estimate of drug-likeness (QED) is 0.904. The molecule has 114 valence electrons. The summed E-state index contributed by atoms with van der Waals surface area (Å²) in [6.45, 7) is 1.71. The minimum Gasteiger partial charge on any atom is -0.331 e. The Bertz CT molecular complexity index is 688. The molecule has 1 heterocycles. The van der Waals surface area contributed by atoms with Crippen molar-refractivity contribution in [1.82, 2.24) is 14.9 Å². The first-order valence-corrected chi connectivity index (χ1v) is 7.35. The van der Waals surface area contributed by atoms with E-state index in [1.165, 1.54) is 17.3 Å². The van der Waals surface area contributed by atoms with E-state index in [1.807, 2.05) is 18.2 Å². The second-order valence-corrected chi connectivity index (χ2v) is 5.59. The van der Waals surface area contributed by atoms with Crippen LogP contribution in [0.2, 0.25) is 0 Å². The predicted molar refractivity (Wildman–Crippen MR) is 86.5 cm³/mol. The van der Waals surface area contributed by atoms with Gasteiger partial charge in [0.1, 0.15) is 5.69 Å². The highest BCUT2D eigenvalue weighted by atomic mass is 79.9. The van der Waals surface area contributed by atoms with Gasteiger partial charge in [-0.25, -0.2) is 4.98 Å². The molecule has 0 saturated carbocycles. The maximum atomic E-state index is 12.1. The van der Waals surface area contributed by atoms with Crippen LogP contribution in [0.25, 0.3) is 0 Å². The standard InChI is InChI=1S/C15H15BrN4O2/c1-10-7-18-13(8-17-10)15(22)20(2)9-14(21)19-12-6-4-3-5-11(12)16/h3-8H,9H2,1-2H3,(H,19,21). The smallest absolute Gasteiger partial charge is 0.274 e. The summed E-state index contributed by atoms with van der Waals surface area (Å²) in [6, 6.07) is 7.27. The van der Waals surface area contributed by atoms with Crippen LogP contribution in [0.15, 0.2) is 41.1 Å². The molecule has 1 aromatic heterocycles. The van der Waals surface area contributed by atoms with Gasteiger partial charge in [-0.2, -0.15) is 0 Å². The summed E-state index contributed by atoms with van der Waals surface area (Å²) in [5.41, 5.74) is 1.59. The van der Waals surface area contributed by atoms with Gasteiger partial charge in [-0.15, -0.1) is 0 Å². The molecule has 0 bridgehead atoms. The van der Waals surface area contributed by atoms with Gasteiger partial charge in [0, 0.05) is 17.7 Å². The number of carbonyl (C=O) groups is 2. The van der Waals surface area contributed by atoms with Crippen LogP contribution in [0.3, 0.4) is 0 Å². The van der Waals surface area contributed by atoms with Crippen LogP contribution in [0.4, 0.5) is 5.69 Å². The largest absolute Gasteiger partial charge is 0.331 e. The molecular weight excluding hydrogens is 348 g/mol. The second-order valence-electron chi connectivity index (χ2n) is 4.73. The van der Waals surface area contributed by atoms with Crippen molar-refractivity contribution in [2.45, 2.75) is 6.92 Å². The molecule has 2 aromatic rings. The summed E-state index contributed by atoms with van der Waals surface area (Å²) in [4.78, 5) is 33.5. The van der Waals surface area contributed by atoms with Crippen LogP contribution in [0, 0.1) is 6.92 Å². The predicted octanol–water partition coefficient (Wildman–Crippen LogP) is 2.26. The molecule has 2 rings (SSSR count). The molecule has 0 atom stereocenters. The highest BCUT2D eigenvalue weighted by molar-refractivity contribution is 9.10. The van der Waals surface area contributed by atoms with Crippen LogP contribution in [-0.4, -0.2) is 40.3 Å². The normalized spacial score (nSPS) is 10.1. The number of amides is 2. The zero-order valence-electron chi connectivity index (χ0n) is 12.2. The van der Waals surface area contributed by atoms with E-state index < -0.39 is 0 Å². The van der Waals surface area contributed by atoms with Crippen molar-refractivity contribution in [3.63, 3.8) is 0 Å². The lowest BCUT2D eigenvalue weighted by Crippen LogP contribution is -2.35. The fourth-order valence-electron chi connectivity index (χ4n) is 1.74. The number of halogens is 1. The third-order valence-electron chi connectivity index (χ3n) is 2.88. The van der Waals surface area contributed by atoms with Gasteiger partial charge in [0.05, 0.1) is 24.1 Å². The number of anilines is 1. The summed E-state index contributed by atoms with van der Waals surface area (Å²) in [7, 11) is 1.55. The van der Waals surface area contributed by atoms with Gasteiger partial charge < -0.3 is 10.2 Å². The maximum absolute atomic E-state index is 12.1. The van der Waals surface area contributed by atoms with Crippen molar-refractivity contribution in [3.8, 4) is 0 Å². The van der Waals surface area contributed by atoms with E-state index in [0.717, 1.165) is 10.2 Å². The first-order valence-electron chi connectivity index (χ1n) is 6.56. The lowest BCUT2D eigenvalue weighted by Gasteiger charge is -2.16. The molecule has 0 saturated heterocycles. The molecule has 0 aliphatic carbocycles. The van der Waals surface area contributed by atoms with E-state index in [9.17, 15) is 9.59 Å². The van der Waals surface area contributed by atoms with Crippen molar-refractivity contribution >= 4 is 33.4 Å². The molecule has 0 aliphatic heterocycles. The van der Waals surface area contributed by atoms with Gasteiger partial charge in [0.15, 0.2) is 0 Å². The summed E-state index contributed by atoms with van der Waals surface area (Å²) >= 11 is 3.35. The van der Waals surface area contributed by atoms with E-state index >= 15 is 0 Å². The summed E-state index contributed by atoms with van der Waals surface area (Å²) in [6.07, 6.45) is 2.92. The molecule has 1 N–H and O–H groups in total. The van der Waals surface area contributed by atoms with Crippen LogP contribution < -0.4 is 5.32 Å². The number of benzene rings is 1. The molecule has 0 spiro atoms. The molecule has 0 aliphatic rings. The number of para-hydroxylation sites is 1. The van der Waals surface area contributed by atoms with Gasteiger partial charge in [0.2, 0.25) is 5.91 Å². The molecule has 0 unspecified atom stereocenters. The Hall–Kier alpha value is -2.28. The van der Waals surface area contributed by atoms with Crippen molar-refractivity contribution in [3.05, 3.63) is 52.5 Å². The van der Waals surface area contributed by atoms with Gasteiger partial charge in [-0.3, -0.25) is 14.6 Å². The minimum absolute atomic E-state index is 0.0737. The van der Waals surface area contributed by atoms with Crippen molar-refractivity contribution in [2.24, 2.45) is 0 Å². The topological polar surface area (TPSA) is 75.2 Å². The molecule has 7 heteroatoms. The number of rotatable bonds is 4. The number of likely N-dealkylation sites (N-methyl/N-ethyl adjacent to an activating group) is 1. The van der Waals surface area contributed by atoms with E-state index in [-0.39, 0.29) is 24.1 Å². The van der Waals surface area contributed by atoms with Crippen molar-refractivity contribution < 1.29 is 9.59 Å². The molecule has 2 amide bonds. The number of aromatic nitrogens is 2. The third kappa shape index (κ3) is 4.11. The molecular formula is C15H15BrN4O2. The van der Waals surface area contributed by atoms with Gasteiger partial charge in [0.25, 0.3) is 5.91 Å². The third-order valence-corrected chi connectivity index (χ3v) is 3.57. The second kappa shape index (κ2) is 7.13. The summed E-state index contributed by atoms with van der Waals surface area (Å²) in [5, 5.41) is 2.74. The zero-order chi connectivity index (χ0) is 16.1. The lowest BCUT2D eigenvalue weighted by molar-refractivity contribution is -0.116. The first-order chi connectivity index (χ1) is 10.5. The Morgan fingerprint density at radius 2 is 1.95 bits per heavy atom. The Balaban J connectivity index is 1.97. The Labute approximate surface area is 136 Å². The Morgan fingerprint density at radius 3 is 2.59 bits per heavy atom. The average Bonchev–Trinajstić information content (AvgIpc) is 2.49. The van der Waals surface area contributed by atoms with E-state index in [2.05, 4.69) is 31.2 Å². The monoisotopic (exact) mass is 362 g/mol. The zero-order valence-corrected chi connectivity index (χ0v) is 13.8. The Kier molecular flexibility index (Phi) is 5.21.